The lowest BCUT2D eigenvalue weighted by atomic mass is 9.90. The molecule has 1 aromatic carbocycles. The number of benzene rings is 1. The Kier molecular flexibility index (Phi) is 3.56. The number of rotatable bonds is 2. The van der Waals surface area contributed by atoms with Gasteiger partial charge in [-0.2, -0.15) is 0 Å². The van der Waals surface area contributed by atoms with Crippen LogP contribution < -0.4 is 10.6 Å². The number of nitrogens with zero attached hydrogens (tertiary/aromatic N) is 1. The number of fused-ring (bicyclic) bond motifs is 1. The molecule has 3 rings (SSSR count). The van der Waals surface area contributed by atoms with Gasteiger partial charge >= 0.3 is 0 Å². The molecule has 0 fully saturated rings. The molecule has 0 saturated heterocycles. The van der Waals surface area contributed by atoms with E-state index in [1.165, 1.54) is 0 Å². The summed E-state index contributed by atoms with van der Waals surface area (Å²) in [4.78, 5) is 16.5. The number of para-hydroxylation sites is 1. The number of halogens is 1. The lowest BCUT2D eigenvalue weighted by molar-refractivity contribution is -0.117. The van der Waals surface area contributed by atoms with Crippen molar-refractivity contribution in [3.05, 3.63) is 53.2 Å². The van der Waals surface area contributed by atoms with Crippen LogP contribution in [0.4, 0.5) is 11.5 Å². The fourth-order valence-corrected chi connectivity index (χ4v) is 2.59. The van der Waals surface area contributed by atoms with Gasteiger partial charge in [-0.3, -0.25) is 4.79 Å². The predicted octanol–water partition coefficient (Wildman–Crippen LogP) is 3.27. The van der Waals surface area contributed by atoms with Crippen LogP contribution in [0, 0.1) is 0 Å². The Bertz CT molecular complexity index is 645. The summed E-state index contributed by atoms with van der Waals surface area (Å²) in [7, 11) is 0. The van der Waals surface area contributed by atoms with E-state index in [1.54, 1.807) is 18.3 Å². The molecule has 0 radical (unpaired) electrons. The minimum Gasteiger partial charge on any atom is -0.385 e. The minimum atomic E-state index is -0.175. The molecule has 20 heavy (non-hydrogen) atoms. The van der Waals surface area contributed by atoms with Gasteiger partial charge < -0.3 is 10.6 Å². The number of hydrogen-bond donors (Lipinski definition) is 2. The second kappa shape index (κ2) is 5.51. The van der Waals surface area contributed by atoms with E-state index in [2.05, 4.69) is 15.6 Å². The summed E-state index contributed by atoms with van der Waals surface area (Å²) in [5.74, 6) is 0.167. The zero-order valence-electron chi connectivity index (χ0n) is 10.8. The topological polar surface area (TPSA) is 54.0 Å². The molecular weight excluding hydrogens is 274 g/mol. The predicted molar refractivity (Wildman–Crippen MR) is 80.2 cm³/mol. The molecule has 102 valence electrons. The van der Waals surface area contributed by atoms with Crippen molar-refractivity contribution in [1.82, 2.24) is 4.98 Å². The summed E-state index contributed by atoms with van der Waals surface area (Å²) in [5, 5.41) is 6.56. The summed E-state index contributed by atoms with van der Waals surface area (Å²) in [5.41, 5.74) is 2.04. The number of amides is 1. The molecule has 1 atom stereocenters. The zero-order valence-corrected chi connectivity index (χ0v) is 11.5. The highest BCUT2D eigenvalue weighted by Gasteiger charge is 2.26. The maximum Gasteiger partial charge on any atom is 0.233 e. The Morgan fingerprint density at radius 2 is 2.15 bits per heavy atom. The third-order valence-corrected chi connectivity index (χ3v) is 3.71. The number of pyridine rings is 1. The van der Waals surface area contributed by atoms with Crippen LogP contribution in [0.1, 0.15) is 17.9 Å². The van der Waals surface area contributed by atoms with Crippen LogP contribution in [-0.4, -0.2) is 17.4 Å². The molecule has 1 amide bonds. The molecule has 2 N–H and O–H groups in total. The van der Waals surface area contributed by atoms with E-state index in [1.807, 2.05) is 24.3 Å². The number of nitrogens with one attached hydrogen (secondary N) is 2. The quantitative estimate of drug-likeness (QED) is 0.891. The van der Waals surface area contributed by atoms with Crippen molar-refractivity contribution in [3.8, 4) is 0 Å². The number of carbonyl (C=O) groups excluding carboxylic acids is 1. The number of anilines is 2. The van der Waals surface area contributed by atoms with E-state index in [4.69, 9.17) is 11.6 Å². The van der Waals surface area contributed by atoms with E-state index < -0.39 is 0 Å². The molecule has 2 heterocycles. The molecule has 1 aromatic heterocycles. The zero-order chi connectivity index (χ0) is 13.9. The Labute approximate surface area is 122 Å². The lowest BCUT2D eigenvalue weighted by Crippen LogP contribution is -2.27. The van der Waals surface area contributed by atoms with Gasteiger partial charge in [-0.25, -0.2) is 4.98 Å². The fourth-order valence-electron chi connectivity index (χ4n) is 2.42. The number of hydrogen-bond acceptors (Lipinski definition) is 3. The van der Waals surface area contributed by atoms with Gasteiger partial charge in [-0.15, -0.1) is 0 Å². The largest absolute Gasteiger partial charge is 0.385 e. The molecule has 0 saturated carbocycles. The monoisotopic (exact) mass is 287 g/mol. The van der Waals surface area contributed by atoms with Crippen LogP contribution in [0.25, 0.3) is 0 Å². The van der Waals surface area contributed by atoms with Crippen molar-refractivity contribution < 1.29 is 4.79 Å². The molecule has 0 aliphatic carbocycles. The van der Waals surface area contributed by atoms with Crippen LogP contribution in [0.2, 0.25) is 5.02 Å². The van der Waals surface area contributed by atoms with Gasteiger partial charge in [-0.1, -0.05) is 29.8 Å². The van der Waals surface area contributed by atoms with Gasteiger partial charge in [0, 0.05) is 18.4 Å². The van der Waals surface area contributed by atoms with Crippen molar-refractivity contribution in [2.75, 3.05) is 17.2 Å². The highest BCUT2D eigenvalue weighted by atomic mass is 35.5. The van der Waals surface area contributed by atoms with Crippen LogP contribution >= 0.6 is 11.6 Å². The standard InChI is InChI=1S/C15H14ClN3O/c16-12-5-3-8-18-14(12)19-15(20)11-7-9-17-13-6-2-1-4-10(11)13/h1-6,8,11,17H,7,9H2,(H,18,19,20). The normalized spacial score (nSPS) is 16.9. The van der Waals surface area contributed by atoms with E-state index in [0.29, 0.717) is 10.8 Å². The van der Waals surface area contributed by atoms with E-state index in [-0.39, 0.29) is 11.8 Å². The molecule has 0 bridgehead atoms. The van der Waals surface area contributed by atoms with Crippen molar-refractivity contribution >= 4 is 29.0 Å². The summed E-state index contributed by atoms with van der Waals surface area (Å²) in [6.45, 7) is 0.783. The van der Waals surface area contributed by atoms with Crippen LogP contribution in [-0.2, 0) is 4.79 Å². The molecule has 2 aromatic rings. The minimum absolute atomic E-state index is 0.0699. The molecule has 1 aliphatic heterocycles. The molecule has 5 heteroatoms. The Hall–Kier alpha value is -2.07. The molecule has 0 spiro atoms. The van der Waals surface area contributed by atoms with Gasteiger partial charge in [0.15, 0.2) is 5.82 Å². The third kappa shape index (κ3) is 2.47. The van der Waals surface area contributed by atoms with E-state index in [9.17, 15) is 4.79 Å². The van der Waals surface area contributed by atoms with Crippen molar-refractivity contribution in [2.24, 2.45) is 0 Å². The Morgan fingerprint density at radius 3 is 3.00 bits per heavy atom. The van der Waals surface area contributed by atoms with Gasteiger partial charge in [0.2, 0.25) is 5.91 Å². The van der Waals surface area contributed by atoms with Crippen molar-refractivity contribution in [1.29, 1.82) is 0 Å². The third-order valence-electron chi connectivity index (χ3n) is 3.40. The number of aromatic nitrogens is 1. The van der Waals surface area contributed by atoms with Crippen LogP contribution in [0.3, 0.4) is 0 Å². The molecule has 1 aliphatic rings. The number of carbonyl (C=O) groups is 1. The summed E-state index contributed by atoms with van der Waals surface area (Å²) >= 11 is 6.02. The second-order valence-electron chi connectivity index (χ2n) is 4.68. The first kappa shape index (κ1) is 12.9. The maximum absolute atomic E-state index is 12.4. The molecular formula is C15H14ClN3O. The first-order valence-electron chi connectivity index (χ1n) is 6.50. The lowest BCUT2D eigenvalue weighted by Gasteiger charge is -2.25. The molecule has 4 nitrogen and oxygen atoms in total. The first-order chi connectivity index (χ1) is 9.75. The second-order valence-corrected chi connectivity index (χ2v) is 5.09. The van der Waals surface area contributed by atoms with Crippen LogP contribution in [0.5, 0.6) is 0 Å². The first-order valence-corrected chi connectivity index (χ1v) is 6.87. The summed E-state index contributed by atoms with van der Waals surface area (Å²) in [6, 6.07) is 11.3. The van der Waals surface area contributed by atoms with Gasteiger partial charge in [0.25, 0.3) is 0 Å². The van der Waals surface area contributed by atoms with Gasteiger partial charge in [0.1, 0.15) is 0 Å². The van der Waals surface area contributed by atoms with Crippen molar-refractivity contribution in [2.45, 2.75) is 12.3 Å². The Morgan fingerprint density at radius 1 is 1.30 bits per heavy atom. The maximum atomic E-state index is 12.4. The van der Waals surface area contributed by atoms with Gasteiger partial charge in [0.05, 0.1) is 10.9 Å². The summed E-state index contributed by atoms with van der Waals surface area (Å²) in [6.07, 6.45) is 2.37. The SMILES string of the molecule is O=C(Nc1ncccc1Cl)C1CCNc2ccccc21. The van der Waals surface area contributed by atoms with Gasteiger partial charge in [-0.05, 0) is 30.2 Å². The smallest absolute Gasteiger partial charge is 0.233 e. The average Bonchev–Trinajstić information content (AvgIpc) is 2.49. The Balaban J connectivity index is 1.84. The average molecular weight is 288 g/mol. The van der Waals surface area contributed by atoms with Crippen LogP contribution in [0.15, 0.2) is 42.6 Å². The highest BCUT2D eigenvalue weighted by Crippen LogP contribution is 2.32. The van der Waals surface area contributed by atoms with E-state index in [0.717, 1.165) is 24.2 Å². The fraction of sp³-hybridized carbons (Fsp3) is 0.200. The van der Waals surface area contributed by atoms with Crippen molar-refractivity contribution in [3.63, 3.8) is 0 Å². The summed E-state index contributed by atoms with van der Waals surface area (Å²) < 4.78 is 0. The highest BCUT2D eigenvalue weighted by molar-refractivity contribution is 6.33. The molecule has 1 unspecified atom stereocenters. The van der Waals surface area contributed by atoms with E-state index >= 15 is 0 Å².